The Morgan fingerprint density at radius 1 is 0.926 bits per heavy atom. The predicted molar refractivity (Wildman–Crippen MR) is 102 cm³/mol. The van der Waals surface area contributed by atoms with Crippen LogP contribution in [0.4, 0.5) is 0 Å². The molecule has 7 nitrogen and oxygen atoms in total. The fraction of sp³-hybridized carbons (Fsp3) is 0.111. The van der Waals surface area contributed by atoms with Crippen molar-refractivity contribution in [1.29, 1.82) is 0 Å². The van der Waals surface area contributed by atoms with Crippen LogP contribution in [0.25, 0.3) is 10.4 Å². The number of hydrogen-bond acceptors (Lipinski definition) is 5. The van der Waals surface area contributed by atoms with Crippen LogP contribution >= 0.6 is 0 Å². The van der Waals surface area contributed by atoms with Crippen LogP contribution in [0.2, 0.25) is 0 Å². The molecule has 0 aliphatic carbocycles. The predicted octanol–water partition coefficient (Wildman–Crippen LogP) is 3.13. The van der Waals surface area contributed by atoms with Crippen LogP contribution in [-0.4, -0.2) is 28.3 Å². The van der Waals surface area contributed by atoms with Gasteiger partial charge in [0.25, 0.3) is 0 Å². The molecule has 0 N–H and O–H groups in total. The summed E-state index contributed by atoms with van der Waals surface area (Å²) in [6, 6.07) is 15.5. The Bertz CT molecular complexity index is 1140. The van der Waals surface area contributed by atoms with E-state index >= 15 is 0 Å². The first-order valence-electron chi connectivity index (χ1n) is 7.63. The fourth-order valence-corrected chi connectivity index (χ4v) is 4.33. The zero-order valence-corrected chi connectivity index (χ0v) is 15.7. The molecular formula is C18H15N3O4S2. The van der Waals surface area contributed by atoms with Crippen molar-refractivity contribution in [1.82, 2.24) is 0 Å². The Morgan fingerprint density at radius 2 is 1.44 bits per heavy atom. The van der Waals surface area contributed by atoms with E-state index in [-0.39, 0.29) is 15.5 Å². The molecular weight excluding hydrogens is 386 g/mol. The van der Waals surface area contributed by atoms with E-state index in [9.17, 15) is 16.8 Å². The van der Waals surface area contributed by atoms with E-state index in [0.29, 0.717) is 0 Å². The maximum atomic E-state index is 12.3. The third-order valence-electron chi connectivity index (χ3n) is 3.32. The molecule has 0 heterocycles. The third kappa shape index (κ3) is 6.01. The van der Waals surface area contributed by atoms with Crippen molar-refractivity contribution in [2.75, 3.05) is 11.5 Å². The van der Waals surface area contributed by atoms with Crippen molar-refractivity contribution in [3.05, 3.63) is 82.9 Å². The van der Waals surface area contributed by atoms with Gasteiger partial charge in [-0.1, -0.05) is 53.4 Å². The van der Waals surface area contributed by atoms with E-state index in [1.807, 2.05) is 0 Å². The average molecular weight is 401 g/mol. The highest BCUT2D eigenvalue weighted by atomic mass is 32.2. The molecule has 0 unspecified atom stereocenters. The Labute approximate surface area is 157 Å². The number of sulfone groups is 2. The second-order valence-electron chi connectivity index (χ2n) is 5.29. The van der Waals surface area contributed by atoms with Gasteiger partial charge >= 0.3 is 0 Å². The van der Waals surface area contributed by atoms with Gasteiger partial charge in [-0.3, -0.25) is 0 Å². The van der Waals surface area contributed by atoms with Gasteiger partial charge < -0.3 is 0 Å². The summed E-state index contributed by atoms with van der Waals surface area (Å²) in [6.07, 6.45) is 1.11. The van der Waals surface area contributed by atoms with Crippen LogP contribution in [0, 0.1) is 11.8 Å². The number of hydrogen-bond donors (Lipinski definition) is 0. The summed E-state index contributed by atoms with van der Waals surface area (Å²) in [4.78, 5) is 2.83. The van der Waals surface area contributed by atoms with Crippen molar-refractivity contribution in [3.63, 3.8) is 0 Å². The molecule has 2 rings (SSSR count). The van der Waals surface area contributed by atoms with Crippen LogP contribution < -0.4 is 0 Å². The first-order chi connectivity index (χ1) is 12.8. The molecule has 0 saturated heterocycles. The van der Waals surface area contributed by atoms with Crippen molar-refractivity contribution in [2.45, 2.75) is 9.79 Å². The minimum Gasteiger partial charge on any atom is -0.223 e. The summed E-state index contributed by atoms with van der Waals surface area (Å²) >= 11 is 0. The van der Waals surface area contributed by atoms with Crippen LogP contribution in [0.3, 0.4) is 0 Å². The number of azide groups is 1. The van der Waals surface area contributed by atoms with Gasteiger partial charge in [-0.05, 0) is 35.9 Å². The molecule has 0 aromatic heterocycles. The topological polar surface area (TPSA) is 117 Å². The number of allylic oxidation sites excluding steroid dienone is 1. The van der Waals surface area contributed by atoms with E-state index in [4.69, 9.17) is 5.53 Å². The molecule has 2 aromatic rings. The highest BCUT2D eigenvalue weighted by molar-refractivity contribution is 7.92. The van der Waals surface area contributed by atoms with Crippen molar-refractivity contribution < 1.29 is 16.8 Å². The standard InChI is InChI=1S/C18H15N3O4S2/c19-21-20-16(15-27(24,25)18-12-5-2-6-13-18)9-7-8-14-26(22,23)17-10-3-1-4-11-17/h1-6,9-13H,14-15H2. The van der Waals surface area contributed by atoms with Crippen LogP contribution in [0.1, 0.15) is 0 Å². The molecule has 0 bridgehead atoms. The molecule has 0 spiro atoms. The monoisotopic (exact) mass is 401 g/mol. The van der Waals surface area contributed by atoms with Crippen LogP contribution in [-0.2, 0) is 19.7 Å². The first kappa shape index (κ1) is 20.3. The molecule has 0 aliphatic heterocycles. The quantitative estimate of drug-likeness (QED) is 0.320. The molecule has 0 radical (unpaired) electrons. The highest BCUT2D eigenvalue weighted by Gasteiger charge is 2.15. The van der Waals surface area contributed by atoms with E-state index in [0.717, 1.165) is 6.08 Å². The zero-order chi connectivity index (χ0) is 19.8. The van der Waals surface area contributed by atoms with Gasteiger partial charge in [0.2, 0.25) is 0 Å². The third-order valence-corrected chi connectivity index (χ3v) is 6.50. The minimum atomic E-state index is -3.71. The summed E-state index contributed by atoms with van der Waals surface area (Å²) in [5.41, 5.74) is 8.50. The lowest BCUT2D eigenvalue weighted by molar-refractivity contribution is 0.596. The van der Waals surface area contributed by atoms with Crippen molar-refractivity contribution in [3.8, 4) is 11.8 Å². The van der Waals surface area contributed by atoms with Gasteiger partial charge in [-0.25, -0.2) is 16.8 Å². The van der Waals surface area contributed by atoms with Gasteiger partial charge in [0.05, 0.1) is 15.5 Å². The van der Waals surface area contributed by atoms with Gasteiger partial charge in [-0.15, -0.1) is 0 Å². The SMILES string of the molecule is [N-]=[N+]=NC(=CC#CCS(=O)(=O)c1ccccc1)CS(=O)(=O)c1ccccc1. The maximum absolute atomic E-state index is 12.3. The number of benzene rings is 2. The molecule has 0 atom stereocenters. The Kier molecular flexibility index (Phi) is 6.79. The van der Waals surface area contributed by atoms with Gasteiger partial charge in [0, 0.05) is 10.6 Å². The summed E-state index contributed by atoms with van der Waals surface area (Å²) < 4.78 is 48.9. The van der Waals surface area contributed by atoms with Crippen molar-refractivity contribution >= 4 is 19.7 Å². The number of nitrogens with zero attached hydrogens (tertiary/aromatic N) is 3. The molecule has 9 heteroatoms. The fourth-order valence-electron chi connectivity index (χ4n) is 2.04. The average Bonchev–Trinajstić information content (AvgIpc) is 2.66. The Morgan fingerprint density at radius 3 is 1.96 bits per heavy atom. The number of rotatable bonds is 6. The van der Waals surface area contributed by atoms with Gasteiger partial charge in [-0.2, -0.15) is 0 Å². The van der Waals surface area contributed by atoms with Crippen LogP contribution in [0.5, 0.6) is 0 Å². The van der Waals surface area contributed by atoms with Gasteiger partial charge in [0.1, 0.15) is 5.75 Å². The second kappa shape index (κ2) is 9.05. The van der Waals surface area contributed by atoms with E-state index < -0.39 is 31.2 Å². The lowest BCUT2D eigenvalue weighted by Crippen LogP contribution is -2.08. The Balaban J connectivity index is 2.18. The lowest BCUT2D eigenvalue weighted by Gasteiger charge is -2.03. The molecule has 27 heavy (non-hydrogen) atoms. The molecule has 138 valence electrons. The molecule has 2 aromatic carbocycles. The Hall–Kier alpha value is -3.05. The zero-order valence-electron chi connectivity index (χ0n) is 14.1. The molecule has 0 aliphatic rings. The summed E-state index contributed by atoms with van der Waals surface area (Å²) in [6.45, 7) is 0. The second-order valence-corrected chi connectivity index (χ2v) is 9.27. The first-order valence-corrected chi connectivity index (χ1v) is 10.9. The highest BCUT2D eigenvalue weighted by Crippen LogP contribution is 2.14. The van der Waals surface area contributed by atoms with E-state index in [1.54, 1.807) is 36.4 Å². The van der Waals surface area contributed by atoms with E-state index in [2.05, 4.69) is 21.9 Å². The van der Waals surface area contributed by atoms with Gasteiger partial charge in [0.15, 0.2) is 19.7 Å². The molecule has 0 fully saturated rings. The summed E-state index contributed by atoms with van der Waals surface area (Å²) in [5.74, 6) is 3.91. The van der Waals surface area contributed by atoms with Crippen LogP contribution in [0.15, 0.2) is 87.3 Å². The molecule has 0 amide bonds. The smallest absolute Gasteiger partial charge is 0.189 e. The largest absolute Gasteiger partial charge is 0.223 e. The minimum absolute atomic E-state index is 0.0867. The molecule has 0 saturated carbocycles. The lowest BCUT2D eigenvalue weighted by atomic mass is 10.4. The van der Waals surface area contributed by atoms with E-state index in [1.165, 1.54) is 24.3 Å². The van der Waals surface area contributed by atoms with Crippen molar-refractivity contribution in [2.24, 2.45) is 5.11 Å². The summed E-state index contributed by atoms with van der Waals surface area (Å²) in [5, 5.41) is 3.34. The summed E-state index contributed by atoms with van der Waals surface area (Å²) in [7, 11) is -7.28. The normalized spacial score (nSPS) is 11.8. The maximum Gasteiger partial charge on any atom is 0.189 e.